The molecule has 3 rings (SSSR count). The molecule has 18 heavy (non-hydrogen) atoms. The van der Waals surface area contributed by atoms with Gasteiger partial charge in [-0.2, -0.15) is 0 Å². The van der Waals surface area contributed by atoms with Gasteiger partial charge in [-0.05, 0) is 29.7 Å². The summed E-state index contributed by atoms with van der Waals surface area (Å²) in [6.45, 7) is 2.15. The van der Waals surface area contributed by atoms with Gasteiger partial charge in [0.1, 0.15) is 11.9 Å². The quantitative estimate of drug-likeness (QED) is 0.755. The zero-order chi connectivity index (χ0) is 12.4. The molecular weight excluding hydrogens is 220 g/mol. The van der Waals surface area contributed by atoms with Crippen LogP contribution in [-0.2, 0) is 0 Å². The SMILES string of the molecule is CCC1C=C(c2ccccc2)c2ccccc2O1. The lowest BCUT2D eigenvalue weighted by Gasteiger charge is -2.25. The molecule has 90 valence electrons. The molecule has 1 unspecified atom stereocenters. The van der Waals surface area contributed by atoms with Gasteiger partial charge in [0.05, 0.1) is 0 Å². The second-order valence-electron chi connectivity index (χ2n) is 4.51. The molecule has 0 fully saturated rings. The van der Waals surface area contributed by atoms with Gasteiger partial charge in [-0.1, -0.05) is 55.5 Å². The lowest BCUT2D eigenvalue weighted by Crippen LogP contribution is -2.17. The van der Waals surface area contributed by atoms with Gasteiger partial charge in [0, 0.05) is 5.56 Å². The van der Waals surface area contributed by atoms with Gasteiger partial charge >= 0.3 is 0 Å². The number of rotatable bonds is 2. The Morgan fingerprint density at radius 2 is 1.67 bits per heavy atom. The van der Waals surface area contributed by atoms with Gasteiger partial charge in [-0.25, -0.2) is 0 Å². The number of para-hydroxylation sites is 1. The standard InChI is InChI=1S/C17H16O/c1-2-14-12-16(13-8-4-3-5-9-13)15-10-6-7-11-17(15)18-14/h3-12,14H,2H2,1H3. The molecule has 1 atom stereocenters. The molecule has 2 aromatic carbocycles. The lowest BCUT2D eigenvalue weighted by atomic mass is 9.93. The third-order valence-corrected chi connectivity index (χ3v) is 3.30. The molecule has 0 aliphatic carbocycles. The fourth-order valence-corrected chi connectivity index (χ4v) is 2.34. The normalized spacial score (nSPS) is 17.6. The molecule has 0 spiro atoms. The predicted octanol–water partition coefficient (Wildman–Crippen LogP) is 4.29. The van der Waals surface area contributed by atoms with Gasteiger partial charge in [-0.15, -0.1) is 0 Å². The topological polar surface area (TPSA) is 9.23 Å². The number of benzene rings is 2. The van der Waals surface area contributed by atoms with E-state index in [1.54, 1.807) is 0 Å². The van der Waals surface area contributed by atoms with Crippen LogP contribution in [0.3, 0.4) is 0 Å². The molecule has 2 aromatic rings. The Balaban J connectivity index is 2.13. The lowest BCUT2D eigenvalue weighted by molar-refractivity contribution is 0.241. The van der Waals surface area contributed by atoms with Crippen molar-refractivity contribution in [3.8, 4) is 5.75 Å². The molecule has 0 aromatic heterocycles. The largest absolute Gasteiger partial charge is 0.486 e. The first-order valence-corrected chi connectivity index (χ1v) is 6.42. The van der Waals surface area contributed by atoms with Crippen molar-refractivity contribution in [2.75, 3.05) is 0 Å². The predicted molar refractivity (Wildman–Crippen MR) is 74.7 cm³/mol. The number of fused-ring (bicyclic) bond motifs is 1. The van der Waals surface area contributed by atoms with Crippen LogP contribution < -0.4 is 4.74 Å². The average Bonchev–Trinajstić information content (AvgIpc) is 2.47. The van der Waals surface area contributed by atoms with Crippen LogP contribution in [0.1, 0.15) is 24.5 Å². The summed E-state index contributed by atoms with van der Waals surface area (Å²) >= 11 is 0. The van der Waals surface area contributed by atoms with E-state index < -0.39 is 0 Å². The minimum atomic E-state index is 0.176. The second-order valence-corrected chi connectivity index (χ2v) is 4.51. The van der Waals surface area contributed by atoms with Crippen molar-refractivity contribution in [2.45, 2.75) is 19.4 Å². The van der Waals surface area contributed by atoms with E-state index in [0.717, 1.165) is 12.2 Å². The molecule has 0 bridgehead atoms. The molecule has 0 saturated heterocycles. The van der Waals surface area contributed by atoms with Gasteiger partial charge in [0.15, 0.2) is 0 Å². The number of hydrogen-bond acceptors (Lipinski definition) is 1. The third-order valence-electron chi connectivity index (χ3n) is 3.30. The maximum Gasteiger partial charge on any atom is 0.128 e. The van der Waals surface area contributed by atoms with Crippen LogP contribution in [-0.4, -0.2) is 6.10 Å². The summed E-state index contributed by atoms with van der Waals surface area (Å²) in [6.07, 6.45) is 3.40. The molecule has 0 N–H and O–H groups in total. The van der Waals surface area contributed by atoms with Gasteiger partial charge in [0.25, 0.3) is 0 Å². The molecule has 1 heteroatoms. The van der Waals surface area contributed by atoms with E-state index in [1.807, 2.05) is 18.2 Å². The Labute approximate surface area is 108 Å². The Morgan fingerprint density at radius 3 is 2.44 bits per heavy atom. The van der Waals surface area contributed by atoms with Crippen molar-refractivity contribution in [3.05, 3.63) is 71.8 Å². The highest BCUT2D eigenvalue weighted by Crippen LogP contribution is 2.36. The molecule has 0 radical (unpaired) electrons. The van der Waals surface area contributed by atoms with Crippen LogP contribution >= 0.6 is 0 Å². The highest BCUT2D eigenvalue weighted by Gasteiger charge is 2.19. The minimum Gasteiger partial charge on any atom is -0.486 e. The summed E-state index contributed by atoms with van der Waals surface area (Å²) in [5, 5.41) is 0. The highest BCUT2D eigenvalue weighted by molar-refractivity contribution is 5.84. The summed E-state index contributed by atoms with van der Waals surface area (Å²) < 4.78 is 5.96. The van der Waals surface area contributed by atoms with E-state index in [-0.39, 0.29) is 6.10 Å². The minimum absolute atomic E-state index is 0.176. The van der Waals surface area contributed by atoms with Crippen LogP contribution in [0, 0.1) is 0 Å². The van der Waals surface area contributed by atoms with E-state index in [2.05, 4.69) is 49.4 Å². The summed E-state index contributed by atoms with van der Waals surface area (Å²) in [6, 6.07) is 18.8. The zero-order valence-electron chi connectivity index (χ0n) is 10.5. The first-order chi connectivity index (χ1) is 8.88. The van der Waals surface area contributed by atoms with Gasteiger partial charge in [0.2, 0.25) is 0 Å². The van der Waals surface area contributed by atoms with Gasteiger partial charge < -0.3 is 4.74 Å². The van der Waals surface area contributed by atoms with E-state index in [1.165, 1.54) is 16.7 Å². The van der Waals surface area contributed by atoms with Crippen LogP contribution in [0.25, 0.3) is 5.57 Å². The molecule has 1 aliphatic rings. The van der Waals surface area contributed by atoms with Crippen LogP contribution in [0.4, 0.5) is 0 Å². The van der Waals surface area contributed by atoms with Crippen molar-refractivity contribution >= 4 is 5.57 Å². The number of ether oxygens (including phenoxy) is 1. The van der Waals surface area contributed by atoms with Gasteiger partial charge in [-0.3, -0.25) is 0 Å². The summed E-state index contributed by atoms with van der Waals surface area (Å²) in [5.41, 5.74) is 3.73. The van der Waals surface area contributed by atoms with E-state index in [0.29, 0.717) is 0 Å². The number of hydrogen-bond donors (Lipinski definition) is 0. The monoisotopic (exact) mass is 236 g/mol. The Morgan fingerprint density at radius 1 is 0.944 bits per heavy atom. The second kappa shape index (κ2) is 4.69. The maximum absolute atomic E-state index is 5.96. The van der Waals surface area contributed by atoms with Crippen molar-refractivity contribution in [3.63, 3.8) is 0 Å². The molecule has 1 aliphatic heterocycles. The van der Waals surface area contributed by atoms with E-state index >= 15 is 0 Å². The first kappa shape index (κ1) is 11.1. The zero-order valence-corrected chi connectivity index (χ0v) is 10.5. The Kier molecular flexibility index (Phi) is 2.89. The molecule has 1 nitrogen and oxygen atoms in total. The van der Waals surface area contributed by atoms with Crippen molar-refractivity contribution in [1.82, 2.24) is 0 Å². The molecular formula is C17H16O. The van der Waals surface area contributed by atoms with Crippen LogP contribution in [0.2, 0.25) is 0 Å². The Bertz CT molecular complexity index is 569. The maximum atomic E-state index is 5.96. The average molecular weight is 236 g/mol. The molecule has 0 amide bonds. The summed E-state index contributed by atoms with van der Waals surface area (Å²) in [4.78, 5) is 0. The Hall–Kier alpha value is -2.02. The van der Waals surface area contributed by atoms with E-state index in [4.69, 9.17) is 4.74 Å². The fraction of sp³-hybridized carbons (Fsp3) is 0.176. The summed E-state index contributed by atoms with van der Waals surface area (Å²) in [7, 11) is 0. The fourth-order valence-electron chi connectivity index (χ4n) is 2.34. The molecule has 0 saturated carbocycles. The highest BCUT2D eigenvalue weighted by atomic mass is 16.5. The van der Waals surface area contributed by atoms with Crippen LogP contribution in [0.5, 0.6) is 5.75 Å². The van der Waals surface area contributed by atoms with Crippen LogP contribution in [0.15, 0.2) is 60.7 Å². The van der Waals surface area contributed by atoms with Crippen molar-refractivity contribution in [2.24, 2.45) is 0 Å². The molecule has 1 heterocycles. The first-order valence-electron chi connectivity index (χ1n) is 6.42. The summed E-state index contributed by atoms with van der Waals surface area (Å²) in [5.74, 6) is 0.991. The third kappa shape index (κ3) is 1.92. The van der Waals surface area contributed by atoms with Crippen molar-refractivity contribution < 1.29 is 4.74 Å². The van der Waals surface area contributed by atoms with Crippen molar-refractivity contribution in [1.29, 1.82) is 0 Å². The van der Waals surface area contributed by atoms with E-state index in [9.17, 15) is 0 Å². The smallest absolute Gasteiger partial charge is 0.128 e.